The summed E-state index contributed by atoms with van der Waals surface area (Å²) in [5, 5.41) is 9.39. The molecule has 0 spiro atoms. The average Bonchev–Trinajstić information content (AvgIpc) is 2.10. The number of halogens is 2. The van der Waals surface area contributed by atoms with Crippen molar-refractivity contribution in [1.82, 2.24) is 4.98 Å². The number of nitrogens with zero attached hydrogens (tertiary/aromatic N) is 1. The minimum atomic E-state index is -0.681. The molecule has 1 aromatic rings. The van der Waals surface area contributed by atoms with Crippen molar-refractivity contribution in [1.29, 1.82) is 0 Å². The van der Waals surface area contributed by atoms with Crippen LogP contribution in [0.1, 0.15) is 10.5 Å². The molecule has 0 saturated carbocycles. The number of carbonyl (C=O) groups is 1. The second-order valence-corrected chi connectivity index (χ2v) is 3.78. The molecule has 1 N–H and O–H groups in total. The van der Waals surface area contributed by atoms with E-state index in [1.54, 1.807) is 0 Å². The molecule has 0 fully saturated rings. The fraction of sp³-hybridized carbons (Fsp3) is 0.143. The van der Waals surface area contributed by atoms with Gasteiger partial charge >= 0.3 is 5.97 Å². The van der Waals surface area contributed by atoms with E-state index in [2.05, 4.69) is 41.6 Å². The number of pyridine rings is 1. The molecule has 1 heterocycles. The summed E-state index contributed by atoms with van der Waals surface area (Å²) in [6, 6.07) is 1.53. The standard InChI is InChI=1S/C7H5Br2NO3/c1-13-7(12)5-6(11)3(8)2-4(9)10-5/h2,11H,1H3. The summed E-state index contributed by atoms with van der Waals surface area (Å²) < 4.78 is 5.25. The first-order chi connectivity index (χ1) is 6.06. The summed E-state index contributed by atoms with van der Waals surface area (Å²) in [4.78, 5) is 14.8. The Labute approximate surface area is 91.2 Å². The van der Waals surface area contributed by atoms with Crippen molar-refractivity contribution in [2.45, 2.75) is 0 Å². The molecule has 6 heteroatoms. The molecule has 0 radical (unpaired) electrons. The maximum atomic E-state index is 11.1. The van der Waals surface area contributed by atoms with Crippen LogP contribution in [-0.2, 0) is 4.74 Å². The summed E-state index contributed by atoms with van der Waals surface area (Å²) in [5.41, 5.74) is -0.122. The number of carbonyl (C=O) groups excluding carboxylic acids is 1. The summed E-state index contributed by atoms with van der Waals surface area (Å²) in [6.45, 7) is 0. The van der Waals surface area contributed by atoms with Gasteiger partial charge in [-0.3, -0.25) is 0 Å². The van der Waals surface area contributed by atoms with E-state index in [0.717, 1.165) is 0 Å². The fourth-order valence-corrected chi connectivity index (χ4v) is 1.84. The lowest BCUT2D eigenvalue weighted by Gasteiger charge is -2.03. The van der Waals surface area contributed by atoms with E-state index in [0.29, 0.717) is 9.08 Å². The van der Waals surface area contributed by atoms with Crippen molar-refractivity contribution >= 4 is 37.8 Å². The van der Waals surface area contributed by atoms with Crippen molar-refractivity contribution in [3.8, 4) is 5.75 Å². The predicted octanol–water partition coefficient (Wildman–Crippen LogP) is 2.10. The summed E-state index contributed by atoms with van der Waals surface area (Å²) in [5.74, 6) is -0.908. The molecule has 13 heavy (non-hydrogen) atoms. The van der Waals surface area contributed by atoms with E-state index in [9.17, 15) is 9.90 Å². The van der Waals surface area contributed by atoms with Crippen LogP contribution in [0.25, 0.3) is 0 Å². The molecule has 0 saturated heterocycles. The van der Waals surface area contributed by atoms with E-state index < -0.39 is 5.97 Å². The highest BCUT2D eigenvalue weighted by atomic mass is 79.9. The fourth-order valence-electron chi connectivity index (χ4n) is 0.717. The third kappa shape index (κ3) is 2.19. The first-order valence-electron chi connectivity index (χ1n) is 3.19. The van der Waals surface area contributed by atoms with Gasteiger partial charge in [-0.05, 0) is 37.9 Å². The smallest absolute Gasteiger partial charge is 0.360 e. The lowest BCUT2D eigenvalue weighted by atomic mass is 10.3. The highest BCUT2D eigenvalue weighted by Crippen LogP contribution is 2.29. The number of rotatable bonds is 1. The molecule has 0 unspecified atom stereocenters. The maximum Gasteiger partial charge on any atom is 0.360 e. The van der Waals surface area contributed by atoms with E-state index >= 15 is 0 Å². The van der Waals surface area contributed by atoms with Crippen LogP contribution in [0.3, 0.4) is 0 Å². The number of methoxy groups -OCH3 is 1. The van der Waals surface area contributed by atoms with E-state index in [4.69, 9.17) is 0 Å². The van der Waals surface area contributed by atoms with Crippen molar-refractivity contribution in [2.24, 2.45) is 0 Å². The predicted molar refractivity (Wildman–Crippen MR) is 52.6 cm³/mol. The zero-order valence-corrected chi connectivity index (χ0v) is 9.72. The van der Waals surface area contributed by atoms with E-state index in [-0.39, 0.29) is 11.4 Å². The zero-order valence-electron chi connectivity index (χ0n) is 6.54. The minimum Gasteiger partial charge on any atom is -0.504 e. The average molecular weight is 311 g/mol. The van der Waals surface area contributed by atoms with Crippen LogP contribution in [0, 0.1) is 0 Å². The van der Waals surface area contributed by atoms with Crippen LogP contribution >= 0.6 is 31.9 Å². The van der Waals surface area contributed by atoms with E-state index in [1.165, 1.54) is 13.2 Å². The number of esters is 1. The molecule has 0 atom stereocenters. The van der Waals surface area contributed by atoms with Gasteiger partial charge in [0.2, 0.25) is 0 Å². The topological polar surface area (TPSA) is 59.4 Å². The van der Waals surface area contributed by atoms with Crippen LogP contribution in [0.5, 0.6) is 5.75 Å². The third-order valence-electron chi connectivity index (χ3n) is 1.29. The quantitative estimate of drug-likeness (QED) is 0.637. The van der Waals surface area contributed by atoms with Gasteiger partial charge in [-0.25, -0.2) is 9.78 Å². The van der Waals surface area contributed by atoms with Crippen molar-refractivity contribution in [3.05, 3.63) is 20.8 Å². The SMILES string of the molecule is COC(=O)c1nc(Br)cc(Br)c1O. The van der Waals surface area contributed by atoms with Crippen LogP contribution in [0.15, 0.2) is 15.1 Å². The summed E-state index contributed by atoms with van der Waals surface area (Å²) in [7, 11) is 1.22. The molecule has 0 amide bonds. The second kappa shape index (κ2) is 4.06. The Balaban J connectivity index is 3.28. The number of aromatic hydroxyl groups is 1. The summed E-state index contributed by atoms with van der Waals surface area (Å²) in [6.07, 6.45) is 0. The largest absolute Gasteiger partial charge is 0.504 e. The van der Waals surface area contributed by atoms with Gasteiger partial charge in [0, 0.05) is 0 Å². The lowest BCUT2D eigenvalue weighted by molar-refractivity contribution is 0.0590. The first kappa shape index (κ1) is 10.5. The van der Waals surface area contributed by atoms with Gasteiger partial charge in [0.15, 0.2) is 11.4 Å². The van der Waals surface area contributed by atoms with Gasteiger partial charge in [0.25, 0.3) is 0 Å². The van der Waals surface area contributed by atoms with Gasteiger partial charge in [-0.1, -0.05) is 0 Å². The molecule has 70 valence electrons. The normalized spacial score (nSPS) is 9.77. The van der Waals surface area contributed by atoms with Crippen molar-refractivity contribution in [2.75, 3.05) is 7.11 Å². The van der Waals surface area contributed by atoms with Crippen LogP contribution in [0.2, 0.25) is 0 Å². The van der Waals surface area contributed by atoms with Gasteiger partial charge < -0.3 is 9.84 Å². The van der Waals surface area contributed by atoms with Crippen molar-refractivity contribution in [3.63, 3.8) is 0 Å². The Hall–Kier alpha value is -0.620. The molecular formula is C7H5Br2NO3. The lowest BCUT2D eigenvalue weighted by Crippen LogP contribution is -2.05. The van der Waals surface area contributed by atoms with Gasteiger partial charge in [0.05, 0.1) is 11.6 Å². The second-order valence-electron chi connectivity index (χ2n) is 2.12. The molecule has 0 bridgehead atoms. The Morgan fingerprint density at radius 3 is 2.77 bits per heavy atom. The molecule has 0 aromatic carbocycles. The Morgan fingerprint density at radius 2 is 2.23 bits per heavy atom. The summed E-state index contributed by atoms with van der Waals surface area (Å²) >= 11 is 6.15. The Kier molecular flexibility index (Phi) is 3.27. The molecule has 4 nitrogen and oxygen atoms in total. The van der Waals surface area contributed by atoms with Gasteiger partial charge in [-0.2, -0.15) is 0 Å². The zero-order chi connectivity index (χ0) is 10.0. The highest BCUT2D eigenvalue weighted by Gasteiger charge is 2.16. The molecule has 1 aromatic heterocycles. The molecule has 0 aliphatic carbocycles. The third-order valence-corrected chi connectivity index (χ3v) is 2.30. The van der Waals surface area contributed by atoms with Gasteiger partial charge in [-0.15, -0.1) is 0 Å². The Bertz CT molecular complexity index is 354. The van der Waals surface area contributed by atoms with Crippen molar-refractivity contribution < 1.29 is 14.6 Å². The van der Waals surface area contributed by atoms with Crippen LogP contribution in [-0.4, -0.2) is 23.2 Å². The minimum absolute atomic E-state index is 0.122. The molecule has 1 rings (SSSR count). The maximum absolute atomic E-state index is 11.1. The molecule has 0 aliphatic heterocycles. The van der Waals surface area contributed by atoms with Crippen LogP contribution in [0.4, 0.5) is 0 Å². The van der Waals surface area contributed by atoms with Crippen LogP contribution < -0.4 is 0 Å². The first-order valence-corrected chi connectivity index (χ1v) is 4.78. The number of aromatic nitrogens is 1. The number of hydrogen-bond acceptors (Lipinski definition) is 4. The van der Waals surface area contributed by atoms with E-state index in [1.807, 2.05) is 0 Å². The van der Waals surface area contributed by atoms with Gasteiger partial charge in [0.1, 0.15) is 4.60 Å². The number of ether oxygens (including phenoxy) is 1. The highest BCUT2D eigenvalue weighted by molar-refractivity contribution is 9.11. The molecule has 0 aliphatic rings. The Morgan fingerprint density at radius 1 is 1.62 bits per heavy atom. The monoisotopic (exact) mass is 309 g/mol. The number of hydrogen-bond donors (Lipinski definition) is 1. The molecular weight excluding hydrogens is 306 g/mol.